The first-order valence-electron chi connectivity index (χ1n) is 11.2. The number of halogens is 2. The molecule has 0 bridgehead atoms. The van der Waals surface area contributed by atoms with E-state index in [9.17, 15) is 0 Å². The number of benzene rings is 2. The van der Waals surface area contributed by atoms with Crippen LogP contribution in [0.5, 0.6) is 0 Å². The molecule has 0 aliphatic heterocycles. The van der Waals surface area contributed by atoms with E-state index in [2.05, 4.69) is 104 Å². The van der Waals surface area contributed by atoms with Gasteiger partial charge in [-0.2, -0.15) is 0 Å². The summed E-state index contributed by atoms with van der Waals surface area (Å²) in [5.41, 5.74) is 12.6. The van der Waals surface area contributed by atoms with Gasteiger partial charge in [0.2, 0.25) is 0 Å². The van der Waals surface area contributed by atoms with Gasteiger partial charge in [-0.05, 0) is 0 Å². The zero-order chi connectivity index (χ0) is 21.8. The molecule has 0 nitrogen and oxygen atoms in total. The first-order chi connectivity index (χ1) is 14.0. The molecule has 32 heavy (non-hydrogen) atoms. The van der Waals surface area contributed by atoms with Gasteiger partial charge in [-0.15, -0.1) is 0 Å². The summed E-state index contributed by atoms with van der Waals surface area (Å²) in [5, 5.41) is 0. The second kappa shape index (κ2) is 9.86. The zero-order valence-electron chi connectivity index (χ0n) is 20.7. The third kappa shape index (κ3) is 5.01. The van der Waals surface area contributed by atoms with Gasteiger partial charge in [0, 0.05) is 0 Å². The van der Waals surface area contributed by atoms with Crippen molar-refractivity contribution in [2.45, 2.75) is 76.3 Å². The van der Waals surface area contributed by atoms with Crippen molar-refractivity contribution in [3.8, 4) is 11.1 Å². The largest absolute Gasteiger partial charge is 1.00 e. The fourth-order valence-corrected chi connectivity index (χ4v) is 8.35. The van der Waals surface area contributed by atoms with E-state index < -0.39 is 22.8 Å². The van der Waals surface area contributed by atoms with Gasteiger partial charge in [-0.1, -0.05) is 0 Å². The Hall–Kier alpha value is -0.747. The predicted octanol–water partition coefficient (Wildman–Crippen LogP) is 2.00. The van der Waals surface area contributed by atoms with E-state index >= 15 is 0 Å². The van der Waals surface area contributed by atoms with Crippen LogP contribution in [0.25, 0.3) is 16.7 Å². The molecule has 0 amide bonds. The van der Waals surface area contributed by atoms with E-state index in [1.165, 1.54) is 27.8 Å². The van der Waals surface area contributed by atoms with Crippen LogP contribution >= 0.6 is 0 Å². The maximum atomic E-state index is 2.55. The van der Waals surface area contributed by atoms with Crippen molar-refractivity contribution in [3.63, 3.8) is 0 Å². The minimum Gasteiger partial charge on any atom is -1.00 e. The van der Waals surface area contributed by atoms with Crippen LogP contribution in [-0.4, -0.2) is 3.21 Å². The Labute approximate surface area is 218 Å². The Morgan fingerprint density at radius 3 is 2.06 bits per heavy atom. The SMILES string of the molecule is C[C](C)=[Zr+2][CH]1c2cc(C(C)(C)C)ccc2-c2ccc(C(C)(C)C)c(C3=CC=CC3)c21.[Cl-].[Cl-]. The van der Waals surface area contributed by atoms with Crippen LogP contribution < -0.4 is 24.8 Å². The van der Waals surface area contributed by atoms with Crippen LogP contribution in [0.4, 0.5) is 0 Å². The molecule has 0 fully saturated rings. The second-order valence-electron chi connectivity index (χ2n) is 11.2. The van der Waals surface area contributed by atoms with Crippen molar-refractivity contribution in [3.05, 3.63) is 76.4 Å². The monoisotopic (exact) mass is 543 g/mol. The molecule has 2 aromatic rings. The standard InChI is InChI=1S/C26H29.C3H6.2ClH.Zr/c1-25(2,3)19-11-12-20-18(15-19)16-22-21(20)13-14-23(26(4,5)6)24(22)17-9-7-8-10-17;1-3-2;;;/h7-9,11-16H,10H2,1-6H3;1-2H3;2*1H;/q;;;;+2/p-2. The molecule has 0 heterocycles. The number of fused-ring (bicyclic) bond motifs is 3. The maximum Gasteiger partial charge on any atom is -1.00 e. The van der Waals surface area contributed by atoms with Gasteiger partial charge < -0.3 is 24.8 Å². The molecule has 0 radical (unpaired) electrons. The fourth-order valence-electron chi connectivity index (χ4n) is 4.87. The van der Waals surface area contributed by atoms with Crippen molar-refractivity contribution in [1.29, 1.82) is 0 Å². The van der Waals surface area contributed by atoms with Gasteiger partial charge in [0.15, 0.2) is 0 Å². The molecule has 0 spiro atoms. The molecule has 2 aromatic carbocycles. The molecule has 0 saturated heterocycles. The van der Waals surface area contributed by atoms with Crippen LogP contribution in [0.15, 0.2) is 48.6 Å². The molecular weight excluding hydrogens is 510 g/mol. The predicted molar refractivity (Wildman–Crippen MR) is 129 cm³/mol. The molecule has 0 saturated carbocycles. The summed E-state index contributed by atoms with van der Waals surface area (Å²) in [4.78, 5) is 0. The van der Waals surface area contributed by atoms with Crippen molar-refractivity contribution in [1.82, 2.24) is 0 Å². The van der Waals surface area contributed by atoms with Crippen LogP contribution in [-0.2, 0) is 33.6 Å². The van der Waals surface area contributed by atoms with Gasteiger partial charge in [-0.3, -0.25) is 0 Å². The number of hydrogen-bond acceptors (Lipinski definition) is 0. The van der Waals surface area contributed by atoms with E-state index in [1.807, 2.05) is 0 Å². The molecule has 169 valence electrons. The molecule has 2 aliphatic carbocycles. The molecule has 0 aromatic heterocycles. The molecule has 2 aliphatic rings. The summed E-state index contributed by atoms with van der Waals surface area (Å²) in [5.74, 6) is 0. The number of rotatable bonds is 2. The Balaban J connectivity index is 0.00000181. The zero-order valence-corrected chi connectivity index (χ0v) is 24.6. The van der Waals surface area contributed by atoms with Crippen LogP contribution in [0, 0.1) is 0 Å². The summed E-state index contributed by atoms with van der Waals surface area (Å²) in [6.07, 6.45) is 7.98. The van der Waals surface area contributed by atoms with Crippen molar-refractivity contribution >= 4 is 8.78 Å². The average molecular weight is 546 g/mol. The Bertz CT molecular complexity index is 1100. The molecule has 3 heteroatoms. The van der Waals surface area contributed by atoms with Gasteiger partial charge in [0.1, 0.15) is 0 Å². The smallest absolute Gasteiger partial charge is 1.00 e. The number of hydrogen-bond donors (Lipinski definition) is 0. The van der Waals surface area contributed by atoms with E-state index in [4.69, 9.17) is 0 Å². The van der Waals surface area contributed by atoms with Gasteiger partial charge in [-0.25, -0.2) is 0 Å². The van der Waals surface area contributed by atoms with Crippen molar-refractivity contribution in [2.24, 2.45) is 0 Å². The van der Waals surface area contributed by atoms with Crippen LogP contribution in [0.2, 0.25) is 0 Å². The summed E-state index contributed by atoms with van der Waals surface area (Å²) >= 11 is -0.733. The van der Waals surface area contributed by atoms with E-state index in [0.717, 1.165) is 6.42 Å². The average Bonchev–Trinajstić information content (AvgIpc) is 3.26. The topological polar surface area (TPSA) is 0 Å². The first kappa shape index (κ1) is 27.5. The molecular formula is C29H35Cl2Zr. The van der Waals surface area contributed by atoms with E-state index in [-0.39, 0.29) is 35.6 Å². The summed E-state index contributed by atoms with van der Waals surface area (Å²) in [6, 6.07) is 12.2. The Kier molecular flexibility index (Phi) is 8.47. The third-order valence-electron chi connectivity index (χ3n) is 6.39. The van der Waals surface area contributed by atoms with Crippen LogP contribution in [0.1, 0.15) is 93.3 Å². The minimum absolute atomic E-state index is 0. The van der Waals surface area contributed by atoms with Gasteiger partial charge in [0.05, 0.1) is 0 Å². The Morgan fingerprint density at radius 1 is 0.875 bits per heavy atom. The summed E-state index contributed by atoms with van der Waals surface area (Å²) < 4.78 is 2.29. The van der Waals surface area contributed by atoms with Crippen molar-refractivity contribution in [2.75, 3.05) is 0 Å². The fraction of sp³-hybridized carbons (Fsp3) is 0.414. The number of allylic oxidation sites excluding steroid dienone is 4. The third-order valence-corrected chi connectivity index (χ3v) is 9.99. The maximum absolute atomic E-state index is 2.55. The molecule has 4 rings (SSSR count). The quantitative estimate of drug-likeness (QED) is 0.542. The van der Waals surface area contributed by atoms with Crippen molar-refractivity contribution < 1.29 is 47.6 Å². The second-order valence-corrected chi connectivity index (χ2v) is 15.7. The summed E-state index contributed by atoms with van der Waals surface area (Å²) in [6.45, 7) is 18.8. The van der Waals surface area contributed by atoms with Gasteiger partial charge >= 0.3 is 195 Å². The minimum atomic E-state index is -0.733. The molecule has 0 N–H and O–H groups in total. The molecule has 1 unspecified atom stereocenters. The van der Waals surface area contributed by atoms with Crippen LogP contribution in [0.3, 0.4) is 0 Å². The normalized spacial score (nSPS) is 16.4. The van der Waals surface area contributed by atoms with Gasteiger partial charge in [0.25, 0.3) is 0 Å². The molecule has 1 atom stereocenters. The summed E-state index contributed by atoms with van der Waals surface area (Å²) in [7, 11) is 0. The first-order valence-corrected chi connectivity index (χ1v) is 13.9. The van der Waals surface area contributed by atoms with E-state index in [0.29, 0.717) is 3.63 Å². The Morgan fingerprint density at radius 2 is 1.53 bits per heavy atom. The van der Waals surface area contributed by atoms with E-state index in [1.54, 1.807) is 19.9 Å².